The van der Waals surface area contributed by atoms with Gasteiger partial charge < -0.3 is 16.3 Å². The van der Waals surface area contributed by atoms with Crippen LogP contribution in [0.3, 0.4) is 0 Å². The number of oxime groups is 1. The smallest absolute Gasteiger partial charge is 0.238 e. The van der Waals surface area contributed by atoms with Crippen LogP contribution < -0.4 is 11.1 Å². The highest BCUT2D eigenvalue weighted by molar-refractivity contribution is 14.1. The van der Waals surface area contributed by atoms with Crippen molar-refractivity contribution in [2.24, 2.45) is 16.3 Å². The van der Waals surface area contributed by atoms with E-state index in [-0.39, 0.29) is 11.7 Å². The molecule has 0 radical (unpaired) electrons. The Morgan fingerprint density at radius 1 is 1.41 bits per heavy atom. The maximum absolute atomic E-state index is 12.0. The first-order chi connectivity index (χ1) is 8.08. The Morgan fingerprint density at radius 2 is 2.00 bits per heavy atom. The number of anilines is 1. The van der Waals surface area contributed by atoms with Crippen LogP contribution in [-0.2, 0) is 4.79 Å². The van der Waals surface area contributed by atoms with Gasteiger partial charge in [-0.05, 0) is 59.7 Å². The zero-order valence-corrected chi connectivity index (χ0v) is 11.1. The molecule has 0 atom stereocenters. The lowest BCUT2D eigenvalue weighted by atomic mass is 10.1. The van der Waals surface area contributed by atoms with Gasteiger partial charge in [0.15, 0.2) is 5.84 Å². The fourth-order valence-corrected chi connectivity index (χ4v) is 1.96. The molecule has 0 spiro atoms. The first kappa shape index (κ1) is 12.2. The molecule has 0 saturated heterocycles. The van der Waals surface area contributed by atoms with Crippen LogP contribution in [0, 0.1) is 8.99 Å². The van der Waals surface area contributed by atoms with E-state index in [4.69, 9.17) is 10.9 Å². The van der Waals surface area contributed by atoms with Crippen molar-refractivity contribution in [3.63, 3.8) is 0 Å². The number of amides is 1. The summed E-state index contributed by atoms with van der Waals surface area (Å²) >= 11 is 2.19. The summed E-state index contributed by atoms with van der Waals surface area (Å²) in [5.74, 6) is -0.227. The number of hydrogen-bond acceptors (Lipinski definition) is 3. The highest BCUT2D eigenvalue weighted by atomic mass is 127. The maximum atomic E-state index is 12.0. The molecule has 4 N–H and O–H groups in total. The number of benzene rings is 1. The Labute approximate surface area is 112 Å². The third kappa shape index (κ3) is 2.36. The minimum Gasteiger partial charge on any atom is -0.409 e. The lowest BCUT2D eigenvalue weighted by molar-refractivity contribution is -0.119. The molecule has 1 saturated carbocycles. The summed E-state index contributed by atoms with van der Waals surface area (Å²) in [7, 11) is 0. The predicted molar refractivity (Wildman–Crippen MR) is 72.9 cm³/mol. The van der Waals surface area contributed by atoms with Crippen LogP contribution in [0.5, 0.6) is 0 Å². The van der Waals surface area contributed by atoms with Gasteiger partial charge in [-0.2, -0.15) is 0 Å². The number of hydrogen-bond donors (Lipinski definition) is 3. The second kappa shape index (κ2) is 4.52. The van der Waals surface area contributed by atoms with E-state index >= 15 is 0 Å². The van der Waals surface area contributed by atoms with Crippen molar-refractivity contribution in [2.75, 3.05) is 5.32 Å². The van der Waals surface area contributed by atoms with E-state index in [2.05, 4.69) is 33.1 Å². The van der Waals surface area contributed by atoms with Crippen LogP contribution in [-0.4, -0.2) is 17.0 Å². The molecule has 1 aromatic carbocycles. The summed E-state index contributed by atoms with van der Waals surface area (Å²) in [4.78, 5) is 12.0. The molecule has 2 rings (SSSR count). The molecule has 1 aliphatic rings. The molecule has 0 aliphatic heterocycles. The van der Waals surface area contributed by atoms with Crippen molar-refractivity contribution in [1.82, 2.24) is 0 Å². The molecular formula is C11H12IN3O2. The Hall–Kier alpha value is -1.31. The van der Waals surface area contributed by atoms with E-state index in [1.807, 2.05) is 24.3 Å². The van der Waals surface area contributed by atoms with Crippen LogP contribution in [0.1, 0.15) is 12.8 Å². The zero-order valence-electron chi connectivity index (χ0n) is 8.98. The van der Waals surface area contributed by atoms with Gasteiger partial charge in [0.2, 0.25) is 5.91 Å². The number of carbonyl (C=O) groups is 1. The SMILES string of the molecule is N/C(=N/O)C1(C(=O)Nc2ccc(I)cc2)CC1. The van der Waals surface area contributed by atoms with Crippen LogP contribution in [0.2, 0.25) is 0 Å². The standard InChI is InChI=1S/C11H12IN3O2/c12-7-1-3-8(4-2-7)14-10(16)11(5-6-11)9(13)15-17/h1-4,17H,5-6H2,(H2,13,15)(H,14,16). The minimum atomic E-state index is -0.808. The summed E-state index contributed by atoms with van der Waals surface area (Å²) in [6, 6.07) is 7.45. The number of carbonyl (C=O) groups excluding carboxylic acids is 1. The third-order valence-electron chi connectivity index (χ3n) is 2.88. The van der Waals surface area contributed by atoms with Crippen molar-refractivity contribution in [3.05, 3.63) is 27.8 Å². The van der Waals surface area contributed by atoms with Crippen LogP contribution in [0.15, 0.2) is 29.4 Å². The summed E-state index contributed by atoms with van der Waals surface area (Å²) in [6.07, 6.45) is 1.25. The molecule has 5 nitrogen and oxygen atoms in total. The highest BCUT2D eigenvalue weighted by Gasteiger charge is 2.54. The molecule has 1 aliphatic carbocycles. The predicted octanol–water partition coefficient (Wildman–Crippen LogP) is 1.76. The molecule has 0 aromatic heterocycles. The van der Waals surface area contributed by atoms with Crippen molar-refractivity contribution in [3.8, 4) is 0 Å². The van der Waals surface area contributed by atoms with E-state index in [1.165, 1.54) is 0 Å². The number of amidine groups is 1. The molecule has 1 amide bonds. The number of nitrogens with two attached hydrogens (primary N) is 1. The molecule has 0 bridgehead atoms. The first-order valence-electron chi connectivity index (χ1n) is 5.13. The van der Waals surface area contributed by atoms with Gasteiger partial charge >= 0.3 is 0 Å². The summed E-state index contributed by atoms with van der Waals surface area (Å²) in [5.41, 5.74) is 5.44. The number of nitrogens with zero attached hydrogens (tertiary/aromatic N) is 1. The third-order valence-corrected chi connectivity index (χ3v) is 3.60. The van der Waals surface area contributed by atoms with Crippen LogP contribution >= 0.6 is 22.6 Å². The first-order valence-corrected chi connectivity index (χ1v) is 6.21. The van der Waals surface area contributed by atoms with Crippen molar-refractivity contribution in [2.45, 2.75) is 12.8 Å². The van der Waals surface area contributed by atoms with Gasteiger partial charge in [0.25, 0.3) is 0 Å². The Morgan fingerprint density at radius 3 is 2.47 bits per heavy atom. The van der Waals surface area contributed by atoms with Gasteiger partial charge in [-0.1, -0.05) is 5.16 Å². The second-order valence-corrected chi connectivity index (χ2v) is 5.27. The molecule has 0 heterocycles. The van der Waals surface area contributed by atoms with Crippen molar-refractivity contribution >= 4 is 40.0 Å². The lowest BCUT2D eigenvalue weighted by Gasteiger charge is -2.13. The van der Waals surface area contributed by atoms with Gasteiger partial charge in [-0.3, -0.25) is 4.79 Å². The van der Waals surface area contributed by atoms with Crippen molar-refractivity contribution < 1.29 is 10.0 Å². The fraction of sp³-hybridized carbons (Fsp3) is 0.273. The Balaban J connectivity index is 2.10. The molecule has 90 valence electrons. The molecule has 0 unspecified atom stereocenters. The van der Waals surface area contributed by atoms with Gasteiger partial charge in [0.05, 0.1) is 0 Å². The van der Waals surface area contributed by atoms with E-state index in [1.54, 1.807) is 0 Å². The topological polar surface area (TPSA) is 87.7 Å². The molecule has 17 heavy (non-hydrogen) atoms. The molecule has 1 aromatic rings. The highest BCUT2D eigenvalue weighted by Crippen LogP contribution is 2.46. The zero-order chi connectivity index (χ0) is 12.5. The molecule has 6 heteroatoms. The van der Waals surface area contributed by atoms with Gasteiger partial charge in [-0.15, -0.1) is 0 Å². The normalized spacial score (nSPS) is 17.6. The van der Waals surface area contributed by atoms with E-state index < -0.39 is 5.41 Å². The lowest BCUT2D eigenvalue weighted by Crippen LogP contribution is -2.36. The number of nitrogens with one attached hydrogen (secondary N) is 1. The number of halogens is 1. The van der Waals surface area contributed by atoms with Crippen LogP contribution in [0.25, 0.3) is 0 Å². The maximum Gasteiger partial charge on any atom is 0.238 e. The molecule has 1 fully saturated rings. The number of rotatable bonds is 3. The van der Waals surface area contributed by atoms with Gasteiger partial charge in [0.1, 0.15) is 5.41 Å². The fourth-order valence-electron chi connectivity index (χ4n) is 1.60. The van der Waals surface area contributed by atoms with E-state index in [9.17, 15) is 4.79 Å². The summed E-state index contributed by atoms with van der Waals surface area (Å²) in [5, 5.41) is 14.3. The Kier molecular flexibility index (Phi) is 3.23. The Bertz CT molecular complexity index is 466. The monoisotopic (exact) mass is 345 g/mol. The van der Waals surface area contributed by atoms with Crippen LogP contribution in [0.4, 0.5) is 5.69 Å². The second-order valence-electron chi connectivity index (χ2n) is 4.03. The summed E-state index contributed by atoms with van der Waals surface area (Å²) in [6.45, 7) is 0. The summed E-state index contributed by atoms with van der Waals surface area (Å²) < 4.78 is 1.10. The van der Waals surface area contributed by atoms with E-state index in [0.29, 0.717) is 18.5 Å². The minimum absolute atomic E-state index is 0.0134. The quantitative estimate of drug-likeness (QED) is 0.256. The molecular weight excluding hydrogens is 333 g/mol. The van der Waals surface area contributed by atoms with Crippen molar-refractivity contribution in [1.29, 1.82) is 0 Å². The van der Waals surface area contributed by atoms with Gasteiger partial charge in [0, 0.05) is 9.26 Å². The largest absolute Gasteiger partial charge is 0.409 e. The average Bonchev–Trinajstić information content (AvgIpc) is 3.12. The average molecular weight is 345 g/mol. The van der Waals surface area contributed by atoms with E-state index in [0.717, 1.165) is 3.57 Å². The van der Waals surface area contributed by atoms with Gasteiger partial charge in [-0.25, -0.2) is 0 Å².